The number of alkyl halides is 3. The zero-order valence-corrected chi connectivity index (χ0v) is 16.6. The number of nitrogens with one attached hydrogen (secondary N) is 2. The SMILES string of the molecule is O=C(NC(=NCCN1CCOCC1)Nc1cccc(F)c1)c1ccc(C(F)(F)F)cc1. The molecule has 10 heteroatoms. The molecule has 1 fully saturated rings. The molecule has 0 unspecified atom stereocenters. The van der Waals surface area contributed by atoms with Crippen LogP contribution in [0.25, 0.3) is 0 Å². The molecular formula is C21H22F4N4O2. The Morgan fingerprint density at radius 3 is 2.45 bits per heavy atom. The number of morpholine rings is 1. The zero-order valence-electron chi connectivity index (χ0n) is 16.6. The molecule has 0 spiro atoms. The van der Waals surface area contributed by atoms with Crippen LogP contribution in [0.1, 0.15) is 15.9 Å². The standard InChI is InChI=1S/C21H22F4N4O2/c22-17-2-1-3-18(14-17)27-20(26-8-9-29-10-12-31-13-11-29)28-19(30)15-4-6-16(7-5-15)21(23,24)25/h1-7,14H,8-13H2,(H2,26,27,28,30). The number of halogens is 4. The second-order valence-corrected chi connectivity index (χ2v) is 6.85. The number of carbonyl (C=O) groups is 1. The Morgan fingerprint density at radius 2 is 1.81 bits per heavy atom. The molecule has 2 N–H and O–H groups in total. The maximum absolute atomic E-state index is 13.5. The lowest BCUT2D eigenvalue weighted by Crippen LogP contribution is -2.39. The summed E-state index contributed by atoms with van der Waals surface area (Å²) in [5.74, 6) is -1.03. The summed E-state index contributed by atoms with van der Waals surface area (Å²) in [6.45, 7) is 3.82. The topological polar surface area (TPSA) is 66.0 Å². The Bertz CT molecular complexity index is 910. The van der Waals surface area contributed by atoms with Crippen LogP contribution in [0.3, 0.4) is 0 Å². The third-order valence-corrected chi connectivity index (χ3v) is 4.58. The zero-order chi connectivity index (χ0) is 22.3. The molecule has 1 aliphatic heterocycles. The maximum Gasteiger partial charge on any atom is 0.416 e. The molecule has 1 heterocycles. The molecule has 0 saturated carbocycles. The fraction of sp³-hybridized carbons (Fsp3) is 0.333. The van der Waals surface area contributed by atoms with Crippen molar-refractivity contribution in [1.29, 1.82) is 0 Å². The number of amides is 1. The van der Waals surface area contributed by atoms with E-state index in [1.54, 1.807) is 6.07 Å². The van der Waals surface area contributed by atoms with Gasteiger partial charge in [0.15, 0.2) is 0 Å². The summed E-state index contributed by atoms with van der Waals surface area (Å²) in [4.78, 5) is 19.0. The van der Waals surface area contributed by atoms with Gasteiger partial charge in [-0.2, -0.15) is 13.2 Å². The van der Waals surface area contributed by atoms with Gasteiger partial charge in [-0.1, -0.05) is 6.07 Å². The van der Waals surface area contributed by atoms with E-state index in [4.69, 9.17) is 4.74 Å². The molecular weight excluding hydrogens is 416 g/mol. The van der Waals surface area contributed by atoms with Gasteiger partial charge < -0.3 is 10.1 Å². The van der Waals surface area contributed by atoms with E-state index < -0.39 is 23.5 Å². The maximum atomic E-state index is 13.5. The Balaban J connectivity index is 1.69. The number of aliphatic imine (C=N–C) groups is 1. The highest BCUT2D eigenvalue weighted by Crippen LogP contribution is 2.29. The van der Waals surface area contributed by atoms with E-state index in [1.165, 1.54) is 18.2 Å². The van der Waals surface area contributed by atoms with Crippen LogP contribution in [-0.2, 0) is 10.9 Å². The minimum absolute atomic E-state index is 0.0370. The summed E-state index contributed by atoms with van der Waals surface area (Å²) < 4.78 is 57.0. The fourth-order valence-corrected chi connectivity index (χ4v) is 2.93. The van der Waals surface area contributed by atoms with Crippen LogP contribution in [0.5, 0.6) is 0 Å². The molecule has 1 amide bonds. The van der Waals surface area contributed by atoms with Crippen LogP contribution >= 0.6 is 0 Å². The van der Waals surface area contributed by atoms with Crippen molar-refractivity contribution >= 4 is 17.6 Å². The number of rotatable bonds is 5. The van der Waals surface area contributed by atoms with E-state index in [1.807, 2.05) is 0 Å². The van der Waals surface area contributed by atoms with Gasteiger partial charge in [0.1, 0.15) is 5.82 Å². The number of benzene rings is 2. The largest absolute Gasteiger partial charge is 0.416 e. The normalized spacial score (nSPS) is 15.5. The van der Waals surface area contributed by atoms with Gasteiger partial charge >= 0.3 is 6.18 Å². The summed E-state index contributed by atoms with van der Waals surface area (Å²) in [6.07, 6.45) is -4.49. The number of carbonyl (C=O) groups excluding carboxylic acids is 1. The molecule has 6 nitrogen and oxygen atoms in total. The summed E-state index contributed by atoms with van der Waals surface area (Å²) in [6, 6.07) is 9.47. The number of guanidine groups is 1. The first-order valence-corrected chi connectivity index (χ1v) is 9.67. The highest BCUT2D eigenvalue weighted by molar-refractivity contribution is 6.09. The van der Waals surface area contributed by atoms with Crippen molar-refractivity contribution in [3.8, 4) is 0 Å². The minimum atomic E-state index is -4.49. The molecule has 31 heavy (non-hydrogen) atoms. The summed E-state index contributed by atoms with van der Waals surface area (Å²) >= 11 is 0. The monoisotopic (exact) mass is 438 g/mol. The van der Waals surface area contributed by atoms with Gasteiger partial charge in [-0.25, -0.2) is 4.39 Å². The second-order valence-electron chi connectivity index (χ2n) is 6.85. The van der Waals surface area contributed by atoms with Crippen molar-refractivity contribution in [2.24, 2.45) is 4.99 Å². The predicted molar refractivity (Wildman–Crippen MR) is 108 cm³/mol. The van der Waals surface area contributed by atoms with Crippen LogP contribution in [-0.4, -0.2) is 56.2 Å². The molecule has 0 aliphatic carbocycles. The van der Waals surface area contributed by atoms with Crippen molar-refractivity contribution in [3.05, 3.63) is 65.5 Å². The molecule has 2 aromatic carbocycles. The average molecular weight is 438 g/mol. The highest BCUT2D eigenvalue weighted by Gasteiger charge is 2.30. The quantitative estimate of drug-likeness (QED) is 0.427. The lowest BCUT2D eigenvalue weighted by molar-refractivity contribution is -0.137. The molecule has 0 aromatic heterocycles. The van der Waals surface area contributed by atoms with Gasteiger partial charge in [-0.15, -0.1) is 0 Å². The number of nitrogens with zero attached hydrogens (tertiary/aromatic N) is 2. The van der Waals surface area contributed by atoms with Crippen molar-refractivity contribution in [3.63, 3.8) is 0 Å². The van der Waals surface area contributed by atoms with Crippen LogP contribution < -0.4 is 10.6 Å². The molecule has 3 rings (SSSR count). The third-order valence-electron chi connectivity index (χ3n) is 4.58. The first-order chi connectivity index (χ1) is 14.8. The summed E-state index contributed by atoms with van der Waals surface area (Å²) in [5.41, 5.74) is -0.436. The molecule has 2 aromatic rings. The Labute approximate surface area is 176 Å². The number of anilines is 1. The lowest BCUT2D eigenvalue weighted by atomic mass is 10.1. The highest BCUT2D eigenvalue weighted by atomic mass is 19.4. The van der Waals surface area contributed by atoms with Gasteiger partial charge in [-0.3, -0.25) is 20.0 Å². The van der Waals surface area contributed by atoms with E-state index in [9.17, 15) is 22.4 Å². The van der Waals surface area contributed by atoms with Crippen molar-refractivity contribution in [2.75, 3.05) is 44.7 Å². The molecule has 166 valence electrons. The Morgan fingerprint density at radius 1 is 1.10 bits per heavy atom. The predicted octanol–water partition coefficient (Wildman–Crippen LogP) is 3.37. The fourth-order valence-electron chi connectivity index (χ4n) is 2.93. The molecule has 1 saturated heterocycles. The molecule has 0 radical (unpaired) electrons. The van der Waals surface area contributed by atoms with E-state index in [2.05, 4.69) is 20.5 Å². The number of hydrogen-bond donors (Lipinski definition) is 2. The van der Waals surface area contributed by atoms with Crippen LogP contribution in [0.2, 0.25) is 0 Å². The number of ether oxygens (including phenoxy) is 1. The smallest absolute Gasteiger partial charge is 0.379 e. The van der Waals surface area contributed by atoms with Crippen molar-refractivity contribution in [1.82, 2.24) is 10.2 Å². The van der Waals surface area contributed by atoms with Gasteiger partial charge in [0.25, 0.3) is 5.91 Å². The molecule has 0 atom stereocenters. The molecule has 1 aliphatic rings. The minimum Gasteiger partial charge on any atom is -0.379 e. The van der Waals surface area contributed by atoms with Gasteiger partial charge in [0.05, 0.1) is 25.3 Å². The van der Waals surface area contributed by atoms with Crippen LogP contribution in [0, 0.1) is 5.82 Å². The summed E-state index contributed by atoms with van der Waals surface area (Å²) in [7, 11) is 0. The van der Waals surface area contributed by atoms with Crippen LogP contribution in [0.4, 0.5) is 23.2 Å². The number of hydrogen-bond acceptors (Lipinski definition) is 4. The third kappa shape index (κ3) is 7.04. The Hall–Kier alpha value is -2.98. The van der Waals surface area contributed by atoms with Crippen LogP contribution in [0.15, 0.2) is 53.5 Å². The molecule has 0 bridgehead atoms. The Kier molecular flexibility index (Phi) is 7.59. The van der Waals surface area contributed by atoms with E-state index in [0.29, 0.717) is 32.0 Å². The first kappa shape index (κ1) is 22.7. The van der Waals surface area contributed by atoms with Gasteiger partial charge in [-0.05, 0) is 42.5 Å². The van der Waals surface area contributed by atoms with E-state index in [-0.39, 0.29) is 11.5 Å². The van der Waals surface area contributed by atoms with Crippen molar-refractivity contribution in [2.45, 2.75) is 6.18 Å². The van der Waals surface area contributed by atoms with E-state index >= 15 is 0 Å². The average Bonchev–Trinajstić information content (AvgIpc) is 2.74. The van der Waals surface area contributed by atoms with Gasteiger partial charge in [0, 0.05) is 30.9 Å². The lowest BCUT2D eigenvalue weighted by Gasteiger charge is -2.25. The van der Waals surface area contributed by atoms with Crippen molar-refractivity contribution < 1.29 is 27.1 Å². The summed E-state index contributed by atoms with van der Waals surface area (Å²) in [5, 5.41) is 5.40. The second kappa shape index (κ2) is 10.4. The first-order valence-electron chi connectivity index (χ1n) is 9.67. The van der Waals surface area contributed by atoms with Gasteiger partial charge in [0.2, 0.25) is 5.96 Å². The van der Waals surface area contributed by atoms with E-state index in [0.717, 1.165) is 37.4 Å².